The molecule has 0 saturated carbocycles. The summed E-state index contributed by atoms with van der Waals surface area (Å²) in [7, 11) is 6.90. The van der Waals surface area contributed by atoms with Crippen LogP contribution in [0.25, 0.3) is 0 Å². The quantitative estimate of drug-likeness (QED) is 0.0645. The monoisotopic (exact) mass is 752 g/mol. The van der Waals surface area contributed by atoms with E-state index in [0.29, 0.717) is 63.8 Å². The Balaban J connectivity index is 1.23. The predicted octanol–water partition coefficient (Wildman–Crippen LogP) is 6.14. The third kappa shape index (κ3) is 8.70. The zero-order chi connectivity index (χ0) is 38.4. The van der Waals surface area contributed by atoms with Crippen LogP contribution in [0.1, 0.15) is 23.1 Å². The van der Waals surface area contributed by atoms with Crippen molar-refractivity contribution < 1.29 is 28.5 Å². The highest BCUT2D eigenvalue weighted by atomic mass is 35.5. The van der Waals surface area contributed by atoms with Crippen molar-refractivity contribution in [3.05, 3.63) is 122 Å². The number of benzene rings is 2. The Bertz CT molecular complexity index is 2170. The number of likely N-dealkylation sites (N-methyl/N-ethyl adjacent to an activating group) is 1. The van der Waals surface area contributed by atoms with Gasteiger partial charge in [0, 0.05) is 42.9 Å². The molecule has 278 valence electrons. The van der Waals surface area contributed by atoms with Crippen molar-refractivity contribution in [3.8, 4) is 11.5 Å². The molecular formula is C38H39ClN9O6+. The topological polar surface area (TPSA) is 165 Å². The van der Waals surface area contributed by atoms with Crippen molar-refractivity contribution in [2.24, 2.45) is 4.99 Å². The summed E-state index contributed by atoms with van der Waals surface area (Å²) in [6.07, 6.45) is 10.4. The molecule has 0 atom stereocenters. The predicted molar refractivity (Wildman–Crippen MR) is 205 cm³/mol. The molecule has 2 amide bonds. The molecule has 0 unspecified atom stereocenters. The van der Waals surface area contributed by atoms with E-state index in [4.69, 9.17) is 26.1 Å². The van der Waals surface area contributed by atoms with Gasteiger partial charge in [0.2, 0.25) is 5.95 Å². The van der Waals surface area contributed by atoms with Gasteiger partial charge in [-0.15, -0.1) is 0 Å². The average molecular weight is 753 g/mol. The number of aliphatic imine (C=N–C) groups is 1. The zero-order valence-corrected chi connectivity index (χ0v) is 31.0. The highest BCUT2D eigenvalue weighted by molar-refractivity contribution is 6.35. The van der Waals surface area contributed by atoms with Crippen LogP contribution in [-0.2, 0) is 24.3 Å². The summed E-state index contributed by atoms with van der Waals surface area (Å²) in [5.74, 6) is 1.31. The minimum Gasteiger partial charge on any atom is -0.497 e. The number of rotatable bonds is 15. The Hall–Kier alpha value is -6.19. The fourth-order valence-corrected chi connectivity index (χ4v) is 6.55. The van der Waals surface area contributed by atoms with Crippen molar-refractivity contribution in [1.29, 1.82) is 0 Å². The Morgan fingerprint density at radius 1 is 1.11 bits per heavy atom. The second-order valence-electron chi connectivity index (χ2n) is 13.4. The lowest BCUT2D eigenvalue weighted by atomic mass is 10.0. The summed E-state index contributed by atoms with van der Waals surface area (Å²) in [5, 5.41) is 14.7. The third-order valence-electron chi connectivity index (χ3n) is 8.82. The number of carbonyl (C=O) groups excluding carboxylic acids is 2. The maximum atomic E-state index is 14.4. The van der Waals surface area contributed by atoms with Gasteiger partial charge in [-0.2, -0.15) is 4.98 Å². The van der Waals surface area contributed by atoms with Crippen LogP contribution in [-0.4, -0.2) is 83.8 Å². The van der Waals surface area contributed by atoms with Gasteiger partial charge in [0.15, 0.2) is 5.78 Å². The number of carbonyl (C=O) groups is 2. The fourth-order valence-electron chi connectivity index (χ4n) is 6.26. The van der Waals surface area contributed by atoms with Gasteiger partial charge in [-0.3, -0.25) is 19.6 Å². The summed E-state index contributed by atoms with van der Waals surface area (Å²) in [6, 6.07) is 14.0. The summed E-state index contributed by atoms with van der Waals surface area (Å²) in [4.78, 5) is 58.8. The van der Waals surface area contributed by atoms with Gasteiger partial charge in [-0.1, -0.05) is 40.9 Å². The number of urea groups is 1. The van der Waals surface area contributed by atoms with Crippen molar-refractivity contribution in [1.82, 2.24) is 15.0 Å². The van der Waals surface area contributed by atoms with E-state index in [1.54, 1.807) is 60.1 Å². The van der Waals surface area contributed by atoms with Crippen molar-refractivity contribution >= 4 is 52.8 Å². The molecule has 4 heterocycles. The van der Waals surface area contributed by atoms with E-state index in [2.05, 4.69) is 20.3 Å². The number of ether oxygens (including phenoxy) is 2. The number of halogens is 1. The molecule has 4 aromatic rings. The SMILES string of the molecule is COc1cc(OC)c(Cl)c(N2Cc3cnc(Nc4cccnc4)nc3N(Cc3cccc(CC(=O)/C=C/C[N+](C)(C)CC4=C([N+](=O)[O-])N=CC4)c3)C2=O)c1. The standard InChI is InChI=1S/C38H39ClN9O6/c1-48(2,24-27-12-14-41-35(27)47(51)52)15-7-11-30(49)17-25-8-5-9-26(16-25)22-46-36-28(20-42-37(44-36)43-29-10-6-13-40-21-29)23-45(38(46)50)32-18-31(53-3)19-33(54-4)34(32)39/h5-11,13-14,16,18-21H,12,15,17,22-24H2,1-4H3,(H,42,43,44)/q+1/b11-7+. The molecule has 2 aromatic heterocycles. The lowest BCUT2D eigenvalue weighted by Crippen LogP contribution is -2.47. The molecule has 2 aromatic carbocycles. The van der Waals surface area contributed by atoms with Crippen LogP contribution in [0, 0.1) is 10.1 Å². The van der Waals surface area contributed by atoms with Crippen LogP contribution >= 0.6 is 11.6 Å². The molecule has 1 N–H and O–H groups in total. The maximum absolute atomic E-state index is 14.4. The van der Waals surface area contributed by atoms with E-state index in [0.717, 1.165) is 11.1 Å². The van der Waals surface area contributed by atoms with E-state index in [1.165, 1.54) is 19.1 Å². The number of aromatic nitrogens is 3. The Labute approximate surface area is 317 Å². The highest BCUT2D eigenvalue weighted by Gasteiger charge is 2.35. The number of pyridine rings is 1. The number of fused-ring (bicyclic) bond motifs is 1. The van der Waals surface area contributed by atoms with Crippen LogP contribution in [0.3, 0.4) is 0 Å². The summed E-state index contributed by atoms with van der Waals surface area (Å²) < 4.78 is 11.4. The molecule has 0 spiro atoms. The smallest absolute Gasteiger partial charge is 0.368 e. The van der Waals surface area contributed by atoms with E-state index in [9.17, 15) is 19.7 Å². The number of anilines is 4. The number of allylic oxidation sites excluding steroid dienone is 1. The number of hydrogen-bond donors (Lipinski definition) is 1. The first kappa shape index (κ1) is 37.6. The first-order valence-corrected chi connectivity index (χ1v) is 17.3. The lowest BCUT2D eigenvalue weighted by molar-refractivity contribution is -0.880. The molecule has 0 aliphatic carbocycles. The van der Waals surface area contributed by atoms with Crippen LogP contribution in [0.2, 0.25) is 5.02 Å². The molecule has 0 radical (unpaired) electrons. The second kappa shape index (κ2) is 16.2. The number of amides is 2. The van der Waals surface area contributed by atoms with Crippen molar-refractivity contribution in [3.63, 3.8) is 0 Å². The molecule has 0 fully saturated rings. The van der Waals surface area contributed by atoms with Crippen LogP contribution in [0.15, 0.2) is 95.7 Å². The molecule has 2 aliphatic rings. The molecule has 0 bridgehead atoms. The highest BCUT2D eigenvalue weighted by Crippen LogP contribution is 2.42. The molecular weight excluding hydrogens is 714 g/mol. The van der Waals surface area contributed by atoms with E-state index < -0.39 is 4.92 Å². The lowest BCUT2D eigenvalue weighted by Gasteiger charge is -2.36. The largest absolute Gasteiger partial charge is 0.497 e. The number of nitro groups is 1. The summed E-state index contributed by atoms with van der Waals surface area (Å²) >= 11 is 6.76. The average Bonchev–Trinajstić information content (AvgIpc) is 3.61. The molecule has 16 heteroatoms. The molecule has 15 nitrogen and oxygen atoms in total. The van der Waals surface area contributed by atoms with E-state index in [1.807, 2.05) is 44.4 Å². The summed E-state index contributed by atoms with van der Waals surface area (Å²) in [6.45, 7) is 1.19. The maximum Gasteiger partial charge on any atom is 0.368 e. The number of ketones is 1. The van der Waals surface area contributed by atoms with E-state index >= 15 is 0 Å². The molecule has 54 heavy (non-hydrogen) atoms. The molecule has 2 aliphatic heterocycles. The fraction of sp³-hybridized carbons (Fsp3) is 0.263. The second-order valence-corrected chi connectivity index (χ2v) is 13.7. The van der Waals surface area contributed by atoms with Gasteiger partial charge in [0.1, 0.15) is 35.1 Å². The third-order valence-corrected chi connectivity index (χ3v) is 9.20. The van der Waals surface area contributed by atoms with Gasteiger partial charge in [-0.25, -0.2) is 9.78 Å². The normalized spacial score (nSPS) is 14.1. The van der Waals surface area contributed by atoms with E-state index in [-0.39, 0.29) is 48.1 Å². The minimum absolute atomic E-state index is 0.0952. The Morgan fingerprint density at radius 2 is 1.93 bits per heavy atom. The number of methoxy groups -OCH3 is 2. The number of hydrogen-bond acceptors (Lipinski definition) is 11. The Morgan fingerprint density at radius 3 is 2.67 bits per heavy atom. The van der Waals surface area contributed by atoms with Gasteiger partial charge < -0.3 is 29.4 Å². The first-order valence-electron chi connectivity index (χ1n) is 17.0. The summed E-state index contributed by atoms with van der Waals surface area (Å²) in [5.41, 5.74) is 3.95. The van der Waals surface area contributed by atoms with Crippen LogP contribution in [0.5, 0.6) is 11.5 Å². The van der Waals surface area contributed by atoms with Crippen molar-refractivity contribution in [2.75, 3.05) is 56.5 Å². The van der Waals surface area contributed by atoms with Gasteiger partial charge >= 0.3 is 11.9 Å². The first-order chi connectivity index (χ1) is 25.9. The molecule has 0 saturated heterocycles. The van der Waals surface area contributed by atoms with Gasteiger partial charge in [-0.05, 0) is 40.3 Å². The number of nitrogens with zero attached hydrogens (tertiary/aromatic N) is 8. The van der Waals surface area contributed by atoms with Gasteiger partial charge in [0.05, 0.1) is 71.1 Å². The number of quaternary nitrogens is 1. The van der Waals surface area contributed by atoms with Gasteiger partial charge in [0.25, 0.3) is 0 Å². The van der Waals surface area contributed by atoms with Crippen LogP contribution < -0.4 is 24.6 Å². The molecule has 6 rings (SSSR count). The van der Waals surface area contributed by atoms with Crippen LogP contribution in [0.4, 0.5) is 27.9 Å². The zero-order valence-electron chi connectivity index (χ0n) is 30.2. The minimum atomic E-state index is -0.456. The Kier molecular flexibility index (Phi) is 11.3. The van der Waals surface area contributed by atoms with Crippen molar-refractivity contribution in [2.45, 2.75) is 25.9 Å². The number of nitrogens with one attached hydrogen (secondary N) is 1.